The molecule has 2 N–H and O–H groups in total. The number of nitrogens with one attached hydrogen (secondary N) is 2. The van der Waals surface area contributed by atoms with E-state index in [1.165, 1.54) is 0 Å². The molecule has 1 amide bonds. The maximum Gasteiger partial charge on any atom is 0.237 e. The van der Waals surface area contributed by atoms with E-state index in [2.05, 4.69) is 10.6 Å². The fourth-order valence-electron chi connectivity index (χ4n) is 2.07. The molecule has 1 aliphatic rings. The van der Waals surface area contributed by atoms with E-state index in [1.54, 1.807) is 7.11 Å². The zero-order valence-electron chi connectivity index (χ0n) is 11.1. The molecule has 0 aromatic heterocycles. The van der Waals surface area contributed by atoms with Crippen LogP contribution in [0.3, 0.4) is 0 Å². The van der Waals surface area contributed by atoms with Crippen molar-refractivity contribution in [3.63, 3.8) is 0 Å². The summed E-state index contributed by atoms with van der Waals surface area (Å²) in [6.45, 7) is 1.70. The minimum Gasteiger partial charge on any atom is -0.492 e. The molecular formula is C14H20N2O3. The van der Waals surface area contributed by atoms with Gasteiger partial charge in [0.25, 0.3) is 0 Å². The third-order valence-corrected chi connectivity index (χ3v) is 3.15. The Hall–Kier alpha value is -1.59. The third kappa shape index (κ3) is 4.22. The number of hydrogen-bond donors (Lipinski definition) is 2. The second-order valence-corrected chi connectivity index (χ2v) is 4.51. The minimum atomic E-state index is -0.151. The summed E-state index contributed by atoms with van der Waals surface area (Å²) >= 11 is 0. The molecule has 1 aliphatic heterocycles. The molecule has 0 aliphatic carbocycles. The number of hydrogen-bond acceptors (Lipinski definition) is 4. The van der Waals surface area contributed by atoms with Crippen molar-refractivity contribution in [3.05, 3.63) is 30.3 Å². The van der Waals surface area contributed by atoms with Gasteiger partial charge in [0.15, 0.2) is 0 Å². The lowest BCUT2D eigenvalue weighted by Gasteiger charge is -2.12. The van der Waals surface area contributed by atoms with E-state index in [9.17, 15) is 4.79 Å². The Kier molecular flexibility index (Phi) is 5.18. The standard InChI is InChI=1S/C14H20N2O3/c1-18-12-9-13(16-10-12)14(17)15-7-8-19-11-5-3-2-4-6-11/h2-6,12-13,16H,7-10H2,1H3,(H,15,17). The summed E-state index contributed by atoms with van der Waals surface area (Å²) < 4.78 is 10.7. The highest BCUT2D eigenvalue weighted by Crippen LogP contribution is 2.09. The number of benzene rings is 1. The average molecular weight is 264 g/mol. The van der Waals surface area contributed by atoms with Crippen molar-refractivity contribution in [2.45, 2.75) is 18.6 Å². The summed E-state index contributed by atoms with van der Waals surface area (Å²) in [6.07, 6.45) is 0.860. The lowest BCUT2D eigenvalue weighted by atomic mass is 10.2. The van der Waals surface area contributed by atoms with Crippen LogP contribution in [0.4, 0.5) is 0 Å². The first-order valence-electron chi connectivity index (χ1n) is 6.51. The summed E-state index contributed by atoms with van der Waals surface area (Å²) in [5, 5.41) is 6.00. The summed E-state index contributed by atoms with van der Waals surface area (Å²) in [5.41, 5.74) is 0. The number of amides is 1. The predicted octanol–water partition coefficient (Wildman–Crippen LogP) is 0.559. The molecule has 2 unspecified atom stereocenters. The molecule has 1 aromatic rings. The average Bonchev–Trinajstić information content (AvgIpc) is 2.93. The Morgan fingerprint density at radius 2 is 2.21 bits per heavy atom. The van der Waals surface area contributed by atoms with Crippen LogP contribution in [0.25, 0.3) is 0 Å². The zero-order chi connectivity index (χ0) is 13.5. The van der Waals surface area contributed by atoms with Gasteiger partial charge in [-0.1, -0.05) is 18.2 Å². The van der Waals surface area contributed by atoms with Crippen LogP contribution in [0.15, 0.2) is 30.3 Å². The highest BCUT2D eigenvalue weighted by molar-refractivity contribution is 5.82. The van der Waals surface area contributed by atoms with E-state index in [4.69, 9.17) is 9.47 Å². The molecular weight excluding hydrogens is 244 g/mol. The highest BCUT2D eigenvalue weighted by Gasteiger charge is 2.28. The van der Waals surface area contributed by atoms with Crippen LogP contribution in [-0.4, -0.2) is 44.9 Å². The molecule has 1 saturated heterocycles. The lowest BCUT2D eigenvalue weighted by molar-refractivity contribution is -0.123. The lowest BCUT2D eigenvalue weighted by Crippen LogP contribution is -2.41. The Balaban J connectivity index is 1.62. The molecule has 0 bridgehead atoms. The first kappa shape index (κ1) is 13.8. The predicted molar refractivity (Wildman–Crippen MR) is 72.2 cm³/mol. The Morgan fingerprint density at radius 1 is 1.42 bits per heavy atom. The van der Waals surface area contributed by atoms with Gasteiger partial charge in [-0.15, -0.1) is 0 Å². The van der Waals surface area contributed by atoms with Gasteiger partial charge in [-0.2, -0.15) is 0 Å². The van der Waals surface area contributed by atoms with E-state index in [0.717, 1.165) is 18.7 Å². The molecule has 104 valence electrons. The van der Waals surface area contributed by atoms with Crippen molar-refractivity contribution in [3.8, 4) is 5.75 Å². The van der Waals surface area contributed by atoms with Gasteiger partial charge in [0.2, 0.25) is 5.91 Å². The Bertz CT molecular complexity index is 397. The van der Waals surface area contributed by atoms with Crippen molar-refractivity contribution in [2.24, 2.45) is 0 Å². The summed E-state index contributed by atoms with van der Waals surface area (Å²) in [6, 6.07) is 9.41. The summed E-state index contributed by atoms with van der Waals surface area (Å²) in [7, 11) is 1.67. The molecule has 5 heteroatoms. The molecule has 1 aromatic carbocycles. The molecule has 1 heterocycles. The van der Waals surface area contributed by atoms with Gasteiger partial charge < -0.3 is 20.1 Å². The molecule has 2 rings (SSSR count). The maximum atomic E-state index is 11.8. The minimum absolute atomic E-state index is 0.0104. The van der Waals surface area contributed by atoms with Crippen LogP contribution < -0.4 is 15.4 Å². The van der Waals surface area contributed by atoms with E-state index in [-0.39, 0.29) is 18.1 Å². The Morgan fingerprint density at radius 3 is 2.89 bits per heavy atom. The molecule has 0 spiro atoms. The molecule has 0 radical (unpaired) electrons. The van der Waals surface area contributed by atoms with Crippen LogP contribution in [0.2, 0.25) is 0 Å². The molecule has 2 atom stereocenters. The van der Waals surface area contributed by atoms with Crippen LogP contribution in [0.1, 0.15) is 6.42 Å². The smallest absolute Gasteiger partial charge is 0.237 e. The van der Waals surface area contributed by atoms with Gasteiger partial charge in [-0.05, 0) is 18.6 Å². The van der Waals surface area contributed by atoms with E-state index < -0.39 is 0 Å². The SMILES string of the molecule is COC1CNC(C(=O)NCCOc2ccccc2)C1. The zero-order valence-corrected chi connectivity index (χ0v) is 11.1. The van der Waals surface area contributed by atoms with Crippen molar-refractivity contribution in [1.82, 2.24) is 10.6 Å². The second kappa shape index (κ2) is 7.11. The largest absolute Gasteiger partial charge is 0.492 e. The number of rotatable bonds is 6. The van der Waals surface area contributed by atoms with Gasteiger partial charge in [0.1, 0.15) is 12.4 Å². The van der Waals surface area contributed by atoms with E-state index >= 15 is 0 Å². The van der Waals surface area contributed by atoms with Crippen LogP contribution in [0, 0.1) is 0 Å². The van der Waals surface area contributed by atoms with E-state index in [0.29, 0.717) is 13.2 Å². The second-order valence-electron chi connectivity index (χ2n) is 4.51. The highest BCUT2D eigenvalue weighted by atomic mass is 16.5. The fourth-order valence-corrected chi connectivity index (χ4v) is 2.07. The number of ether oxygens (including phenoxy) is 2. The number of methoxy groups -OCH3 is 1. The number of carbonyl (C=O) groups excluding carboxylic acids is 1. The van der Waals surface area contributed by atoms with Gasteiger partial charge in [0, 0.05) is 13.7 Å². The normalized spacial score (nSPS) is 22.2. The number of para-hydroxylation sites is 1. The monoisotopic (exact) mass is 264 g/mol. The molecule has 5 nitrogen and oxygen atoms in total. The Labute approximate surface area is 113 Å². The van der Waals surface area contributed by atoms with Gasteiger partial charge >= 0.3 is 0 Å². The fraction of sp³-hybridized carbons (Fsp3) is 0.500. The van der Waals surface area contributed by atoms with Crippen molar-refractivity contribution in [2.75, 3.05) is 26.8 Å². The topological polar surface area (TPSA) is 59.6 Å². The molecule has 1 fully saturated rings. The number of carbonyl (C=O) groups is 1. The van der Waals surface area contributed by atoms with Crippen molar-refractivity contribution < 1.29 is 14.3 Å². The molecule has 19 heavy (non-hydrogen) atoms. The van der Waals surface area contributed by atoms with Crippen molar-refractivity contribution >= 4 is 5.91 Å². The van der Waals surface area contributed by atoms with Crippen LogP contribution >= 0.6 is 0 Å². The van der Waals surface area contributed by atoms with Gasteiger partial charge in [0.05, 0.1) is 18.7 Å². The first-order valence-corrected chi connectivity index (χ1v) is 6.51. The van der Waals surface area contributed by atoms with Crippen LogP contribution in [-0.2, 0) is 9.53 Å². The quantitative estimate of drug-likeness (QED) is 0.737. The van der Waals surface area contributed by atoms with E-state index in [1.807, 2.05) is 30.3 Å². The maximum absolute atomic E-state index is 11.8. The summed E-state index contributed by atoms with van der Waals surface area (Å²) in [4.78, 5) is 11.8. The summed E-state index contributed by atoms with van der Waals surface area (Å²) in [5.74, 6) is 0.825. The van der Waals surface area contributed by atoms with Crippen LogP contribution in [0.5, 0.6) is 5.75 Å². The van der Waals surface area contributed by atoms with Crippen molar-refractivity contribution in [1.29, 1.82) is 0 Å². The third-order valence-electron chi connectivity index (χ3n) is 3.15. The molecule has 0 saturated carbocycles. The van der Waals surface area contributed by atoms with Gasteiger partial charge in [-0.3, -0.25) is 4.79 Å². The van der Waals surface area contributed by atoms with Gasteiger partial charge in [-0.25, -0.2) is 0 Å². The first-order chi connectivity index (χ1) is 9.29.